The largest absolute Gasteiger partial charge is 0.354 e. The summed E-state index contributed by atoms with van der Waals surface area (Å²) < 4.78 is 0. The molecule has 6 nitrogen and oxygen atoms in total. The van der Waals surface area contributed by atoms with Gasteiger partial charge in [-0.15, -0.1) is 0 Å². The quantitative estimate of drug-likeness (QED) is 0.673. The van der Waals surface area contributed by atoms with Crippen molar-refractivity contribution < 1.29 is 9.63 Å². The van der Waals surface area contributed by atoms with Crippen LogP contribution in [0.5, 0.6) is 0 Å². The third kappa shape index (κ3) is 2.33. The summed E-state index contributed by atoms with van der Waals surface area (Å²) in [4.78, 5) is 25.6. The molecule has 2 aliphatic heterocycles. The second-order valence-electron chi connectivity index (χ2n) is 6.55. The number of H-pyrrole nitrogens is 1. The highest BCUT2D eigenvalue weighted by atomic mass is 16.6. The Hall–Kier alpha value is -2.70. The predicted molar refractivity (Wildman–Crippen MR) is 93.8 cm³/mol. The molecule has 6 heteroatoms. The standard InChI is InChI=1S/C19H18N4O2/c24-19-12-3-1-4-16-17(12)13(10-25-23-19)18(22-16)11-6-7-15(21-9-11)14-5-2-8-20-14/h1,3-4,6-7,9,14,20,22H,2,5,8,10H2,(H,23,24)/t14-/m1/s1. The van der Waals surface area contributed by atoms with E-state index in [9.17, 15) is 4.79 Å². The first-order valence-corrected chi connectivity index (χ1v) is 8.56. The van der Waals surface area contributed by atoms with E-state index in [1.54, 1.807) is 0 Å². The lowest BCUT2D eigenvalue weighted by Gasteiger charge is -2.10. The number of benzene rings is 1. The van der Waals surface area contributed by atoms with Gasteiger partial charge in [0.15, 0.2) is 0 Å². The molecule has 0 aliphatic carbocycles. The summed E-state index contributed by atoms with van der Waals surface area (Å²) in [5.41, 5.74) is 8.07. The molecular formula is C19H18N4O2. The Morgan fingerprint density at radius 3 is 2.96 bits per heavy atom. The topological polar surface area (TPSA) is 79.0 Å². The first-order valence-electron chi connectivity index (χ1n) is 8.56. The van der Waals surface area contributed by atoms with Crippen LogP contribution in [0.3, 0.4) is 0 Å². The maximum Gasteiger partial charge on any atom is 0.275 e. The number of nitrogens with zero attached hydrogens (tertiary/aromatic N) is 1. The molecule has 0 saturated carbocycles. The van der Waals surface area contributed by atoms with Gasteiger partial charge < -0.3 is 10.3 Å². The number of carbonyl (C=O) groups is 1. The molecule has 126 valence electrons. The van der Waals surface area contributed by atoms with Crippen LogP contribution in [-0.4, -0.2) is 22.4 Å². The van der Waals surface area contributed by atoms with Crippen LogP contribution in [0.2, 0.25) is 0 Å². The van der Waals surface area contributed by atoms with Crippen molar-refractivity contribution in [1.82, 2.24) is 20.8 Å². The summed E-state index contributed by atoms with van der Waals surface area (Å²) in [7, 11) is 0. The average Bonchev–Trinajstić information content (AvgIpc) is 3.26. The minimum absolute atomic E-state index is 0.212. The minimum atomic E-state index is -0.212. The number of pyridine rings is 1. The number of nitrogens with one attached hydrogen (secondary N) is 3. The van der Waals surface area contributed by atoms with Gasteiger partial charge in [0.2, 0.25) is 0 Å². The number of carbonyl (C=O) groups excluding carboxylic acids is 1. The number of hydrogen-bond acceptors (Lipinski definition) is 4. The van der Waals surface area contributed by atoms with Gasteiger partial charge in [-0.3, -0.25) is 14.6 Å². The molecule has 1 aromatic carbocycles. The molecule has 25 heavy (non-hydrogen) atoms. The molecule has 2 aliphatic rings. The summed E-state index contributed by atoms with van der Waals surface area (Å²) in [6.07, 6.45) is 4.23. The lowest BCUT2D eigenvalue weighted by Crippen LogP contribution is -2.21. The molecule has 5 rings (SSSR count). The van der Waals surface area contributed by atoms with Gasteiger partial charge in [0.25, 0.3) is 5.91 Å². The lowest BCUT2D eigenvalue weighted by atomic mass is 10.0. The van der Waals surface area contributed by atoms with Crippen molar-refractivity contribution in [3.8, 4) is 11.3 Å². The number of hydroxylamine groups is 1. The van der Waals surface area contributed by atoms with E-state index in [4.69, 9.17) is 4.84 Å². The fourth-order valence-electron chi connectivity index (χ4n) is 3.82. The molecule has 0 unspecified atom stereocenters. The second-order valence-corrected chi connectivity index (χ2v) is 6.55. The third-order valence-electron chi connectivity index (χ3n) is 5.05. The molecule has 0 bridgehead atoms. The summed E-state index contributed by atoms with van der Waals surface area (Å²) in [5, 5.41) is 4.39. The maximum absolute atomic E-state index is 12.2. The fraction of sp³-hybridized carbons (Fsp3) is 0.263. The first kappa shape index (κ1) is 14.6. The van der Waals surface area contributed by atoms with E-state index in [2.05, 4.69) is 32.9 Å². The van der Waals surface area contributed by atoms with Crippen molar-refractivity contribution in [2.24, 2.45) is 0 Å². The number of aromatic amines is 1. The zero-order valence-corrected chi connectivity index (χ0v) is 13.6. The molecular weight excluding hydrogens is 316 g/mol. The van der Waals surface area contributed by atoms with Gasteiger partial charge in [0.1, 0.15) is 6.61 Å². The van der Waals surface area contributed by atoms with Gasteiger partial charge in [-0.05, 0) is 43.7 Å². The van der Waals surface area contributed by atoms with Crippen molar-refractivity contribution in [2.75, 3.05) is 6.54 Å². The normalized spacial score (nSPS) is 19.8. The van der Waals surface area contributed by atoms with Crippen LogP contribution in [0.25, 0.3) is 22.2 Å². The van der Waals surface area contributed by atoms with Crippen molar-refractivity contribution in [3.05, 3.63) is 53.3 Å². The highest BCUT2D eigenvalue weighted by Gasteiger charge is 2.23. The zero-order valence-electron chi connectivity index (χ0n) is 13.6. The Kier molecular flexibility index (Phi) is 3.33. The SMILES string of the molecule is O=C1NOCc2c(-c3ccc([C@H]4CCCN4)nc3)[nH]c3cccc1c23. The van der Waals surface area contributed by atoms with Crippen molar-refractivity contribution in [3.63, 3.8) is 0 Å². The zero-order chi connectivity index (χ0) is 16.8. The summed E-state index contributed by atoms with van der Waals surface area (Å²) in [5.74, 6) is -0.212. The second kappa shape index (κ2) is 5.68. The van der Waals surface area contributed by atoms with Gasteiger partial charge in [0.05, 0.1) is 17.0 Å². The summed E-state index contributed by atoms with van der Waals surface area (Å²) in [6.45, 7) is 1.38. The van der Waals surface area contributed by atoms with E-state index >= 15 is 0 Å². The number of hydrogen-bond donors (Lipinski definition) is 3. The van der Waals surface area contributed by atoms with Gasteiger partial charge in [-0.25, -0.2) is 5.48 Å². The predicted octanol–water partition coefficient (Wildman–Crippen LogP) is 2.83. The van der Waals surface area contributed by atoms with Crippen molar-refractivity contribution in [2.45, 2.75) is 25.5 Å². The molecule has 0 radical (unpaired) electrons. The van der Waals surface area contributed by atoms with Crippen LogP contribution in [0.15, 0.2) is 36.5 Å². The molecule has 4 heterocycles. The van der Waals surface area contributed by atoms with Crippen LogP contribution >= 0.6 is 0 Å². The summed E-state index contributed by atoms with van der Waals surface area (Å²) in [6, 6.07) is 10.2. The van der Waals surface area contributed by atoms with E-state index < -0.39 is 0 Å². The van der Waals surface area contributed by atoms with E-state index in [-0.39, 0.29) is 5.91 Å². The van der Waals surface area contributed by atoms with Gasteiger partial charge in [-0.1, -0.05) is 6.07 Å². The smallest absolute Gasteiger partial charge is 0.275 e. The van der Waals surface area contributed by atoms with E-state index in [0.29, 0.717) is 18.2 Å². The molecule has 0 spiro atoms. The van der Waals surface area contributed by atoms with Crippen molar-refractivity contribution in [1.29, 1.82) is 0 Å². The lowest BCUT2D eigenvalue weighted by molar-refractivity contribution is 0.0256. The number of aromatic nitrogens is 2. The molecule has 1 amide bonds. The third-order valence-corrected chi connectivity index (χ3v) is 5.05. The maximum atomic E-state index is 12.2. The molecule has 3 N–H and O–H groups in total. The Morgan fingerprint density at radius 2 is 2.16 bits per heavy atom. The van der Waals surface area contributed by atoms with Crippen LogP contribution in [0.1, 0.15) is 40.5 Å². The van der Waals surface area contributed by atoms with E-state index in [1.807, 2.05) is 24.4 Å². The van der Waals surface area contributed by atoms with E-state index in [0.717, 1.165) is 46.4 Å². The molecule has 1 atom stereocenters. The Bertz CT molecular complexity index is 955. The Balaban J connectivity index is 1.62. The Morgan fingerprint density at radius 1 is 1.20 bits per heavy atom. The van der Waals surface area contributed by atoms with Gasteiger partial charge >= 0.3 is 0 Å². The fourth-order valence-corrected chi connectivity index (χ4v) is 3.82. The molecule has 1 saturated heterocycles. The monoisotopic (exact) mass is 334 g/mol. The highest BCUT2D eigenvalue weighted by molar-refractivity contribution is 6.09. The van der Waals surface area contributed by atoms with Crippen molar-refractivity contribution >= 4 is 16.8 Å². The van der Waals surface area contributed by atoms with Crippen LogP contribution in [0.4, 0.5) is 0 Å². The van der Waals surface area contributed by atoms with E-state index in [1.165, 1.54) is 6.42 Å². The molecule has 1 fully saturated rings. The average molecular weight is 334 g/mol. The molecule has 3 aromatic rings. The first-order chi connectivity index (χ1) is 12.3. The molecule has 2 aromatic heterocycles. The Labute approximate surface area is 144 Å². The van der Waals surface area contributed by atoms with Gasteiger partial charge in [-0.2, -0.15) is 0 Å². The minimum Gasteiger partial charge on any atom is -0.354 e. The number of amides is 1. The van der Waals surface area contributed by atoms with Crippen LogP contribution < -0.4 is 10.8 Å². The van der Waals surface area contributed by atoms with Gasteiger partial charge in [0, 0.05) is 34.3 Å². The van der Waals surface area contributed by atoms with Crippen LogP contribution in [0, 0.1) is 0 Å². The highest BCUT2D eigenvalue weighted by Crippen LogP contribution is 2.34. The number of rotatable bonds is 2. The summed E-state index contributed by atoms with van der Waals surface area (Å²) >= 11 is 0. The van der Waals surface area contributed by atoms with Crippen LogP contribution in [-0.2, 0) is 11.4 Å².